The number of nitrogens with zero attached hydrogens (tertiary/aromatic N) is 2. The Balaban J connectivity index is 2.62. The Morgan fingerprint density at radius 2 is 2.62 bits per heavy atom. The van der Waals surface area contributed by atoms with Gasteiger partial charge in [0, 0.05) is 24.3 Å². The van der Waals surface area contributed by atoms with Gasteiger partial charge < -0.3 is 0 Å². The van der Waals surface area contributed by atoms with Gasteiger partial charge in [-0.2, -0.15) is 0 Å². The number of carbonyl (C=O) groups excluding carboxylic acids is 1. The minimum atomic E-state index is 0.752. The van der Waals surface area contributed by atoms with Crippen molar-refractivity contribution in [2.75, 3.05) is 0 Å². The fourth-order valence-electron chi connectivity index (χ4n) is 0.359. The maximum Gasteiger partial charge on any atom is 0.196 e. The van der Waals surface area contributed by atoms with Gasteiger partial charge in [-0.05, 0) is 0 Å². The van der Waals surface area contributed by atoms with Crippen LogP contribution in [0.15, 0.2) is 18.7 Å². The first-order valence-electron chi connectivity index (χ1n) is 2.02. The SMILES string of the molecule is O=CSn1ccnc1. The largest absolute Gasteiger partial charge is 0.289 e. The lowest BCUT2D eigenvalue weighted by Crippen LogP contribution is -1.77. The molecular weight excluding hydrogens is 124 g/mol. The Hall–Kier alpha value is -0.770. The number of imidazole rings is 1. The molecule has 0 radical (unpaired) electrons. The number of carbonyl (C=O) groups is 1. The maximum absolute atomic E-state index is 9.79. The second kappa shape index (κ2) is 2.52. The summed E-state index contributed by atoms with van der Waals surface area (Å²) in [5, 5.41) is 0. The first kappa shape index (κ1) is 5.37. The van der Waals surface area contributed by atoms with Crippen LogP contribution in [0.5, 0.6) is 0 Å². The second-order valence-corrected chi connectivity index (χ2v) is 1.95. The summed E-state index contributed by atoms with van der Waals surface area (Å²) in [4.78, 5) is 13.5. The van der Waals surface area contributed by atoms with Crippen LogP contribution >= 0.6 is 11.9 Å². The highest BCUT2D eigenvalue weighted by molar-refractivity contribution is 8.10. The highest BCUT2D eigenvalue weighted by Crippen LogP contribution is 1.97. The van der Waals surface area contributed by atoms with Crippen molar-refractivity contribution < 1.29 is 4.79 Å². The normalized spacial score (nSPS) is 9.00. The molecule has 0 bridgehead atoms. The molecule has 0 saturated carbocycles. The molecule has 0 unspecified atom stereocenters. The smallest absolute Gasteiger partial charge is 0.196 e. The highest BCUT2D eigenvalue weighted by atomic mass is 32.2. The van der Waals surface area contributed by atoms with Crippen LogP contribution in [0.25, 0.3) is 0 Å². The molecule has 4 heteroatoms. The van der Waals surface area contributed by atoms with Crippen molar-refractivity contribution in [1.29, 1.82) is 0 Å². The zero-order chi connectivity index (χ0) is 5.82. The van der Waals surface area contributed by atoms with Crippen molar-refractivity contribution in [1.82, 2.24) is 8.96 Å². The van der Waals surface area contributed by atoms with Crippen LogP contribution in [0.4, 0.5) is 0 Å². The standard InChI is InChI=1S/C4H4N2OS/c7-4-8-6-2-1-5-3-6/h1-4H. The molecule has 0 aliphatic carbocycles. The zero-order valence-corrected chi connectivity index (χ0v) is 4.84. The van der Waals surface area contributed by atoms with Crippen LogP contribution in [0.3, 0.4) is 0 Å². The second-order valence-electron chi connectivity index (χ2n) is 1.12. The van der Waals surface area contributed by atoms with Crippen LogP contribution in [-0.4, -0.2) is 14.6 Å². The molecule has 0 aliphatic rings. The van der Waals surface area contributed by atoms with Gasteiger partial charge in [0.15, 0.2) is 5.62 Å². The lowest BCUT2D eigenvalue weighted by Gasteiger charge is -1.85. The van der Waals surface area contributed by atoms with Crippen molar-refractivity contribution >= 4 is 17.6 Å². The van der Waals surface area contributed by atoms with E-state index in [-0.39, 0.29) is 0 Å². The van der Waals surface area contributed by atoms with Gasteiger partial charge in [-0.1, -0.05) is 0 Å². The van der Waals surface area contributed by atoms with E-state index in [9.17, 15) is 4.79 Å². The first-order chi connectivity index (χ1) is 3.93. The van der Waals surface area contributed by atoms with Crippen molar-refractivity contribution in [2.24, 2.45) is 0 Å². The molecule has 1 rings (SSSR count). The van der Waals surface area contributed by atoms with Crippen molar-refractivity contribution in [3.8, 4) is 0 Å². The Labute approximate surface area is 50.9 Å². The molecule has 0 spiro atoms. The minimum absolute atomic E-state index is 0.752. The molecule has 0 aliphatic heterocycles. The number of hydrogen-bond acceptors (Lipinski definition) is 3. The van der Waals surface area contributed by atoms with Gasteiger partial charge in [0.25, 0.3) is 0 Å². The molecule has 42 valence electrons. The summed E-state index contributed by atoms with van der Waals surface area (Å²) < 4.78 is 1.62. The summed E-state index contributed by atoms with van der Waals surface area (Å²) in [7, 11) is 0. The molecule has 1 heterocycles. The van der Waals surface area contributed by atoms with Gasteiger partial charge >= 0.3 is 0 Å². The van der Waals surface area contributed by atoms with E-state index < -0.39 is 0 Å². The topological polar surface area (TPSA) is 34.9 Å². The molecule has 8 heavy (non-hydrogen) atoms. The lowest BCUT2D eigenvalue weighted by atomic mass is 11.0. The van der Waals surface area contributed by atoms with Crippen LogP contribution < -0.4 is 0 Å². The molecule has 3 nitrogen and oxygen atoms in total. The Morgan fingerprint density at radius 1 is 1.75 bits per heavy atom. The fourth-order valence-corrected chi connectivity index (χ4v) is 0.692. The molecule has 0 N–H and O–H groups in total. The van der Waals surface area contributed by atoms with Crippen molar-refractivity contribution in [3.63, 3.8) is 0 Å². The predicted molar refractivity (Wildman–Crippen MR) is 32.0 cm³/mol. The first-order valence-corrected chi connectivity index (χ1v) is 2.86. The van der Waals surface area contributed by atoms with E-state index in [1.54, 1.807) is 22.7 Å². The summed E-state index contributed by atoms with van der Waals surface area (Å²) in [6.07, 6.45) is 4.90. The molecule has 0 amide bonds. The quantitative estimate of drug-likeness (QED) is 0.546. The van der Waals surface area contributed by atoms with Crippen LogP contribution in [-0.2, 0) is 4.79 Å². The molecular formula is C4H4N2OS. The molecule has 0 fully saturated rings. The summed E-state index contributed by atoms with van der Waals surface area (Å²) in [5.41, 5.74) is 0.752. The molecule has 1 aromatic rings. The summed E-state index contributed by atoms with van der Waals surface area (Å²) in [6, 6.07) is 0. The van der Waals surface area contributed by atoms with E-state index >= 15 is 0 Å². The molecule has 1 aromatic heterocycles. The Bertz CT molecular complexity index is 161. The molecule has 0 aromatic carbocycles. The van der Waals surface area contributed by atoms with E-state index in [0.717, 1.165) is 17.6 Å². The maximum atomic E-state index is 9.79. The monoisotopic (exact) mass is 128 g/mol. The van der Waals surface area contributed by atoms with E-state index in [2.05, 4.69) is 4.98 Å². The van der Waals surface area contributed by atoms with Crippen molar-refractivity contribution in [2.45, 2.75) is 0 Å². The third-order valence-corrected chi connectivity index (χ3v) is 1.19. The van der Waals surface area contributed by atoms with E-state index in [1.807, 2.05) is 0 Å². The van der Waals surface area contributed by atoms with Gasteiger partial charge in [0.05, 0.1) is 0 Å². The van der Waals surface area contributed by atoms with Crippen LogP contribution in [0.2, 0.25) is 0 Å². The Kier molecular flexibility index (Phi) is 1.69. The fraction of sp³-hybridized carbons (Fsp3) is 0. The van der Waals surface area contributed by atoms with Gasteiger partial charge in [-0.25, -0.2) is 4.98 Å². The lowest BCUT2D eigenvalue weighted by molar-refractivity contribution is 0.570. The third-order valence-electron chi connectivity index (χ3n) is 0.645. The zero-order valence-electron chi connectivity index (χ0n) is 4.02. The van der Waals surface area contributed by atoms with Gasteiger partial charge in [-0.3, -0.25) is 8.77 Å². The Morgan fingerprint density at radius 3 is 3.12 bits per heavy atom. The van der Waals surface area contributed by atoms with Crippen LogP contribution in [0.1, 0.15) is 0 Å². The number of rotatable bonds is 2. The van der Waals surface area contributed by atoms with Crippen LogP contribution in [0, 0.1) is 0 Å². The molecule has 0 atom stereocenters. The van der Waals surface area contributed by atoms with Crippen molar-refractivity contribution in [3.05, 3.63) is 18.7 Å². The van der Waals surface area contributed by atoms with E-state index in [0.29, 0.717) is 0 Å². The van der Waals surface area contributed by atoms with Gasteiger partial charge in [0.2, 0.25) is 0 Å². The predicted octanol–water partition coefficient (Wildman–Crippen LogP) is 0.570. The highest BCUT2D eigenvalue weighted by Gasteiger charge is 1.83. The average molecular weight is 128 g/mol. The van der Waals surface area contributed by atoms with E-state index in [1.165, 1.54) is 0 Å². The summed E-state index contributed by atoms with van der Waals surface area (Å²) in [6.45, 7) is 0. The molecule has 0 saturated heterocycles. The van der Waals surface area contributed by atoms with Gasteiger partial charge in [-0.15, -0.1) is 0 Å². The number of aromatic nitrogens is 2. The average Bonchev–Trinajstić information content (AvgIpc) is 2.19. The van der Waals surface area contributed by atoms with Gasteiger partial charge in [0.1, 0.15) is 6.33 Å². The summed E-state index contributed by atoms with van der Waals surface area (Å²) in [5.74, 6) is 0. The van der Waals surface area contributed by atoms with E-state index in [4.69, 9.17) is 0 Å². The minimum Gasteiger partial charge on any atom is -0.289 e. The third kappa shape index (κ3) is 1.10. The summed E-state index contributed by atoms with van der Waals surface area (Å²) >= 11 is 1.06. The number of hydrogen-bond donors (Lipinski definition) is 0.